The molecule has 2 aromatic heterocycles. The van der Waals surface area contributed by atoms with E-state index in [1.54, 1.807) is 0 Å². The number of hydrogen-bond donors (Lipinski definition) is 0. The molecule has 2 heteroatoms. The highest BCUT2D eigenvalue weighted by Crippen LogP contribution is 2.40. The third-order valence-electron chi connectivity index (χ3n) is 6.07. The van der Waals surface area contributed by atoms with Crippen LogP contribution in [-0.4, -0.2) is 9.38 Å². The number of nitrogens with zero attached hydrogens (tertiary/aromatic N) is 2. The maximum absolute atomic E-state index is 4.71. The molecule has 5 rings (SSSR count). The van der Waals surface area contributed by atoms with Crippen molar-refractivity contribution in [1.82, 2.24) is 9.38 Å². The van der Waals surface area contributed by atoms with Gasteiger partial charge in [-0.25, -0.2) is 4.98 Å². The zero-order valence-corrected chi connectivity index (χ0v) is 17.7. The van der Waals surface area contributed by atoms with E-state index in [0.29, 0.717) is 0 Å². The summed E-state index contributed by atoms with van der Waals surface area (Å²) in [6.07, 6.45) is 4.01. The van der Waals surface area contributed by atoms with Gasteiger partial charge in [-0.1, -0.05) is 63.2 Å². The topological polar surface area (TPSA) is 17.3 Å². The van der Waals surface area contributed by atoms with Crippen LogP contribution in [0.1, 0.15) is 37.5 Å². The summed E-state index contributed by atoms with van der Waals surface area (Å²) in [6.45, 7) is 11.3. The predicted molar refractivity (Wildman–Crippen MR) is 124 cm³/mol. The number of aromatic nitrogens is 2. The first-order valence-corrected chi connectivity index (χ1v) is 10.2. The number of rotatable bonds is 1. The summed E-state index contributed by atoms with van der Waals surface area (Å²) in [5, 5.41) is 3.75. The molecule has 2 nitrogen and oxygen atoms in total. The van der Waals surface area contributed by atoms with E-state index in [-0.39, 0.29) is 5.41 Å². The quantitative estimate of drug-likeness (QED) is 0.281. The molecular formula is C27H26N2. The Morgan fingerprint density at radius 1 is 0.793 bits per heavy atom. The van der Waals surface area contributed by atoms with Gasteiger partial charge in [-0.05, 0) is 59.0 Å². The van der Waals surface area contributed by atoms with Crippen LogP contribution in [0, 0.1) is 13.8 Å². The molecule has 0 aliphatic rings. The Balaban J connectivity index is 2.10. The van der Waals surface area contributed by atoms with Crippen molar-refractivity contribution in [2.24, 2.45) is 0 Å². The second-order valence-electron chi connectivity index (χ2n) is 9.10. The smallest absolute Gasteiger partial charge is 0.145 e. The standard InChI is InChI=1S/C27H26N2/c1-17-9-8-10-18(2)24(17)23-16-19(27(3,4)5)15-22-20-11-6-7-12-21(20)26-28-13-14-29(26)25(22)23/h6-16H,1-5H3. The van der Waals surface area contributed by atoms with Gasteiger partial charge in [0.05, 0.1) is 5.52 Å². The molecule has 0 aliphatic heterocycles. The zero-order chi connectivity index (χ0) is 20.3. The van der Waals surface area contributed by atoms with Crippen LogP contribution in [0.5, 0.6) is 0 Å². The molecule has 0 amide bonds. The van der Waals surface area contributed by atoms with Crippen molar-refractivity contribution in [3.8, 4) is 11.1 Å². The largest absolute Gasteiger partial charge is 0.299 e. The van der Waals surface area contributed by atoms with Crippen LogP contribution in [0.25, 0.3) is 38.4 Å². The van der Waals surface area contributed by atoms with Gasteiger partial charge in [0.2, 0.25) is 0 Å². The van der Waals surface area contributed by atoms with Crippen LogP contribution in [0.3, 0.4) is 0 Å². The third-order valence-corrected chi connectivity index (χ3v) is 6.07. The lowest BCUT2D eigenvalue weighted by molar-refractivity contribution is 0.591. The van der Waals surface area contributed by atoms with Crippen LogP contribution in [0.2, 0.25) is 0 Å². The lowest BCUT2D eigenvalue weighted by Gasteiger charge is -2.24. The Morgan fingerprint density at radius 2 is 1.48 bits per heavy atom. The zero-order valence-electron chi connectivity index (χ0n) is 17.7. The van der Waals surface area contributed by atoms with Gasteiger partial charge in [0.15, 0.2) is 0 Å². The molecular weight excluding hydrogens is 352 g/mol. The number of imidazole rings is 1. The molecule has 0 spiro atoms. The summed E-state index contributed by atoms with van der Waals surface area (Å²) in [5.74, 6) is 0. The van der Waals surface area contributed by atoms with Gasteiger partial charge < -0.3 is 0 Å². The molecule has 144 valence electrons. The SMILES string of the molecule is Cc1cccc(C)c1-c1cc(C(C)(C)C)cc2c3ccccc3c3nccn3c12. The van der Waals surface area contributed by atoms with Crippen molar-refractivity contribution in [2.45, 2.75) is 40.0 Å². The van der Waals surface area contributed by atoms with E-state index in [2.05, 4.69) is 99.8 Å². The average Bonchev–Trinajstić information content (AvgIpc) is 3.17. The molecule has 0 N–H and O–H groups in total. The molecule has 0 radical (unpaired) electrons. The fourth-order valence-corrected chi connectivity index (χ4v) is 4.56. The van der Waals surface area contributed by atoms with Gasteiger partial charge >= 0.3 is 0 Å². The van der Waals surface area contributed by atoms with E-state index in [4.69, 9.17) is 4.98 Å². The fourth-order valence-electron chi connectivity index (χ4n) is 4.56. The first kappa shape index (κ1) is 17.9. The molecule has 0 fully saturated rings. The van der Waals surface area contributed by atoms with Gasteiger partial charge in [0.1, 0.15) is 5.65 Å². The second-order valence-corrected chi connectivity index (χ2v) is 9.10. The first-order chi connectivity index (χ1) is 13.9. The highest BCUT2D eigenvalue weighted by Gasteiger charge is 2.21. The molecule has 29 heavy (non-hydrogen) atoms. The van der Waals surface area contributed by atoms with Gasteiger partial charge in [-0.15, -0.1) is 0 Å². The van der Waals surface area contributed by atoms with Crippen LogP contribution < -0.4 is 0 Å². The van der Waals surface area contributed by atoms with Crippen LogP contribution in [0.4, 0.5) is 0 Å². The summed E-state index contributed by atoms with van der Waals surface area (Å²) in [4.78, 5) is 4.71. The first-order valence-electron chi connectivity index (χ1n) is 10.2. The molecule has 0 saturated heterocycles. The second kappa shape index (κ2) is 6.18. The van der Waals surface area contributed by atoms with Crippen molar-refractivity contribution >= 4 is 27.3 Å². The summed E-state index contributed by atoms with van der Waals surface area (Å²) in [7, 11) is 0. The lowest BCUT2D eigenvalue weighted by Crippen LogP contribution is -2.12. The maximum Gasteiger partial charge on any atom is 0.145 e. The highest BCUT2D eigenvalue weighted by molar-refractivity contribution is 6.15. The molecule has 3 aromatic carbocycles. The predicted octanol–water partition coefficient (Wildman–Crippen LogP) is 7.22. The van der Waals surface area contributed by atoms with Crippen molar-refractivity contribution < 1.29 is 0 Å². The number of benzene rings is 3. The molecule has 5 aromatic rings. The number of pyridine rings is 1. The summed E-state index contributed by atoms with van der Waals surface area (Å²) < 4.78 is 2.27. The maximum atomic E-state index is 4.71. The van der Waals surface area contributed by atoms with Crippen molar-refractivity contribution in [1.29, 1.82) is 0 Å². The molecule has 2 heterocycles. The van der Waals surface area contributed by atoms with Crippen LogP contribution in [-0.2, 0) is 5.41 Å². The van der Waals surface area contributed by atoms with E-state index in [9.17, 15) is 0 Å². The average molecular weight is 379 g/mol. The normalized spacial score (nSPS) is 12.3. The fraction of sp³-hybridized carbons (Fsp3) is 0.222. The minimum absolute atomic E-state index is 0.0600. The Labute approximate surface area is 171 Å². The number of aryl methyl sites for hydroxylation is 2. The van der Waals surface area contributed by atoms with Gasteiger partial charge in [-0.2, -0.15) is 0 Å². The Kier molecular flexibility index (Phi) is 3.82. The van der Waals surface area contributed by atoms with Crippen LogP contribution in [0.15, 0.2) is 67.0 Å². The Morgan fingerprint density at radius 3 is 2.17 bits per heavy atom. The minimum atomic E-state index is 0.0600. The van der Waals surface area contributed by atoms with E-state index in [1.165, 1.54) is 49.5 Å². The number of hydrogen-bond acceptors (Lipinski definition) is 1. The highest BCUT2D eigenvalue weighted by atomic mass is 15.0. The lowest BCUT2D eigenvalue weighted by atomic mass is 9.82. The van der Waals surface area contributed by atoms with Crippen molar-refractivity contribution in [2.75, 3.05) is 0 Å². The van der Waals surface area contributed by atoms with E-state index in [0.717, 1.165) is 5.65 Å². The third kappa shape index (κ3) is 2.66. The molecule has 0 saturated carbocycles. The van der Waals surface area contributed by atoms with Gasteiger partial charge in [-0.3, -0.25) is 4.40 Å². The Bertz CT molecular complexity index is 1380. The van der Waals surface area contributed by atoms with Crippen LogP contribution >= 0.6 is 0 Å². The molecule has 0 atom stereocenters. The number of fused-ring (bicyclic) bond motifs is 6. The van der Waals surface area contributed by atoms with E-state index >= 15 is 0 Å². The summed E-state index contributed by atoms with van der Waals surface area (Å²) >= 11 is 0. The van der Waals surface area contributed by atoms with Gasteiger partial charge in [0.25, 0.3) is 0 Å². The molecule has 0 unspecified atom stereocenters. The van der Waals surface area contributed by atoms with Gasteiger partial charge in [0, 0.05) is 28.7 Å². The van der Waals surface area contributed by atoms with Crippen molar-refractivity contribution in [3.63, 3.8) is 0 Å². The monoisotopic (exact) mass is 378 g/mol. The molecule has 0 aliphatic carbocycles. The Hall–Kier alpha value is -3.13. The summed E-state index contributed by atoms with van der Waals surface area (Å²) in [5.41, 5.74) is 8.89. The van der Waals surface area contributed by atoms with E-state index < -0.39 is 0 Å². The summed E-state index contributed by atoms with van der Waals surface area (Å²) in [6, 6.07) is 20.0. The van der Waals surface area contributed by atoms with Crippen molar-refractivity contribution in [3.05, 3.63) is 83.7 Å². The van der Waals surface area contributed by atoms with E-state index in [1.807, 2.05) is 6.20 Å². The minimum Gasteiger partial charge on any atom is -0.299 e. The molecule has 0 bridgehead atoms.